The van der Waals surface area contributed by atoms with Crippen LogP contribution in [0.3, 0.4) is 0 Å². The number of hydrogen-bond acceptors (Lipinski definition) is 3. The maximum atomic E-state index is 12.1. The summed E-state index contributed by atoms with van der Waals surface area (Å²) in [5.74, 6) is 0.720. The molecular formula is C16H17ClN2OS. The second kappa shape index (κ2) is 6.24. The Kier molecular flexibility index (Phi) is 4.36. The summed E-state index contributed by atoms with van der Waals surface area (Å²) in [5, 5.41) is 1.54. The fourth-order valence-corrected chi connectivity index (χ4v) is 4.14. The van der Waals surface area contributed by atoms with E-state index in [4.69, 9.17) is 11.6 Å². The maximum Gasteiger partial charge on any atom is 0.251 e. The number of aromatic nitrogens is 2. The molecule has 2 aromatic heterocycles. The molecule has 0 amide bonds. The largest absolute Gasteiger partial charge is 0.317 e. The molecule has 0 bridgehead atoms. The molecule has 0 aromatic carbocycles. The Morgan fingerprint density at radius 1 is 1.33 bits per heavy atom. The van der Waals surface area contributed by atoms with Crippen molar-refractivity contribution in [3.63, 3.8) is 0 Å². The molecule has 1 aliphatic carbocycles. The van der Waals surface area contributed by atoms with Gasteiger partial charge in [0.1, 0.15) is 5.15 Å². The number of hydrogen-bond donors (Lipinski definition) is 1. The fourth-order valence-electron chi connectivity index (χ4n) is 2.78. The van der Waals surface area contributed by atoms with Crippen molar-refractivity contribution < 1.29 is 0 Å². The van der Waals surface area contributed by atoms with E-state index in [1.807, 2.05) is 19.1 Å². The van der Waals surface area contributed by atoms with E-state index in [0.717, 1.165) is 34.7 Å². The summed E-state index contributed by atoms with van der Waals surface area (Å²) in [6, 6.07) is 3.86. The van der Waals surface area contributed by atoms with Crippen LogP contribution in [-0.4, -0.2) is 9.97 Å². The summed E-state index contributed by atoms with van der Waals surface area (Å²) in [4.78, 5) is 19.2. The van der Waals surface area contributed by atoms with Gasteiger partial charge in [-0.05, 0) is 55.4 Å². The summed E-state index contributed by atoms with van der Waals surface area (Å²) in [7, 11) is 0. The average molecular weight is 321 g/mol. The van der Waals surface area contributed by atoms with Crippen LogP contribution in [0, 0.1) is 6.92 Å². The van der Waals surface area contributed by atoms with Crippen molar-refractivity contribution in [3.8, 4) is 0 Å². The van der Waals surface area contributed by atoms with Crippen LogP contribution < -0.4 is 5.56 Å². The minimum absolute atomic E-state index is 0.0374. The lowest BCUT2D eigenvalue weighted by Gasteiger charge is -2.20. The summed E-state index contributed by atoms with van der Waals surface area (Å²) >= 11 is 7.74. The summed E-state index contributed by atoms with van der Waals surface area (Å²) in [6.45, 7) is 1.93. The molecular weight excluding hydrogens is 304 g/mol. The molecule has 110 valence electrons. The van der Waals surface area contributed by atoms with E-state index in [1.54, 1.807) is 18.0 Å². The first-order valence-corrected chi connectivity index (χ1v) is 8.50. The van der Waals surface area contributed by atoms with Crippen molar-refractivity contribution in [2.45, 2.75) is 43.4 Å². The van der Waals surface area contributed by atoms with Crippen LogP contribution in [0.1, 0.15) is 35.1 Å². The first-order chi connectivity index (χ1) is 10.2. The van der Waals surface area contributed by atoms with Gasteiger partial charge in [0.05, 0.1) is 5.03 Å². The molecule has 0 spiro atoms. The Morgan fingerprint density at radius 2 is 2.10 bits per heavy atom. The topological polar surface area (TPSA) is 45.8 Å². The predicted molar refractivity (Wildman–Crippen MR) is 87.2 cm³/mol. The number of thioether (sulfide) groups is 1. The van der Waals surface area contributed by atoms with Gasteiger partial charge >= 0.3 is 0 Å². The van der Waals surface area contributed by atoms with E-state index in [9.17, 15) is 4.79 Å². The molecule has 0 radical (unpaired) electrons. The lowest BCUT2D eigenvalue weighted by molar-refractivity contribution is 0.660. The van der Waals surface area contributed by atoms with Gasteiger partial charge in [-0.15, -0.1) is 11.8 Å². The first-order valence-electron chi connectivity index (χ1n) is 7.13. The number of H-pyrrole nitrogens is 1. The molecule has 0 saturated carbocycles. The average Bonchev–Trinajstić information content (AvgIpc) is 2.51. The van der Waals surface area contributed by atoms with E-state index >= 15 is 0 Å². The van der Waals surface area contributed by atoms with Crippen molar-refractivity contribution in [3.05, 3.63) is 56.1 Å². The minimum Gasteiger partial charge on any atom is -0.317 e. The molecule has 0 fully saturated rings. The third kappa shape index (κ3) is 3.01. The zero-order chi connectivity index (χ0) is 14.8. The number of rotatable bonds is 3. The highest BCUT2D eigenvalue weighted by atomic mass is 35.5. The summed E-state index contributed by atoms with van der Waals surface area (Å²) < 4.78 is 0. The third-order valence-electron chi connectivity index (χ3n) is 3.97. The van der Waals surface area contributed by atoms with Crippen molar-refractivity contribution in [2.75, 3.05) is 0 Å². The highest BCUT2D eigenvalue weighted by Crippen LogP contribution is 2.32. The molecule has 21 heavy (non-hydrogen) atoms. The molecule has 1 N–H and O–H groups in total. The Labute approximate surface area is 133 Å². The van der Waals surface area contributed by atoms with Crippen LogP contribution in [0.25, 0.3) is 0 Å². The maximum absolute atomic E-state index is 12.1. The van der Waals surface area contributed by atoms with Gasteiger partial charge in [0.25, 0.3) is 5.56 Å². The van der Waals surface area contributed by atoms with Gasteiger partial charge < -0.3 is 4.98 Å². The van der Waals surface area contributed by atoms with Gasteiger partial charge in [-0.1, -0.05) is 17.7 Å². The second-order valence-corrected chi connectivity index (χ2v) is 6.66. The van der Waals surface area contributed by atoms with Gasteiger partial charge in [0.15, 0.2) is 0 Å². The van der Waals surface area contributed by atoms with Crippen LogP contribution in [0.4, 0.5) is 0 Å². The minimum atomic E-state index is 0.0374. The quantitative estimate of drug-likeness (QED) is 0.689. The highest BCUT2D eigenvalue weighted by Gasteiger charge is 2.18. The molecule has 1 aliphatic rings. The highest BCUT2D eigenvalue weighted by molar-refractivity contribution is 7.98. The molecule has 0 saturated heterocycles. The van der Waals surface area contributed by atoms with Crippen LogP contribution in [0.5, 0.6) is 0 Å². The van der Waals surface area contributed by atoms with Crippen LogP contribution in [0.2, 0.25) is 5.15 Å². The van der Waals surface area contributed by atoms with E-state index < -0.39 is 0 Å². The normalized spacial score (nSPS) is 14.0. The monoisotopic (exact) mass is 320 g/mol. The smallest absolute Gasteiger partial charge is 0.251 e. The second-order valence-electron chi connectivity index (χ2n) is 5.31. The van der Waals surface area contributed by atoms with Crippen LogP contribution in [0.15, 0.2) is 28.2 Å². The summed E-state index contributed by atoms with van der Waals surface area (Å²) in [6.07, 6.45) is 6.13. The Balaban J connectivity index is 1.91. The van der Waals surface area contributed by atoms with Crippen LogP contribution in [-0.2, 0) is 18.6 Å². The third-order valence-corrected chi connectivity index (χ3v) is 5.40. The van der Waals surface area contributed by atoms with Gasteiger partial charge in [-0.2, -0.15) is 0 Å². The fraction of sp³-hybridized carbons (Fsp3) is 0.375. The number of fused-ring (bicyclic) bond motifs is 1. The van der Waals surface area contributed by atoms with E-state index in [0.29, 0.717) is 5.15 Å². The molecule has 2 heterocycles. The zero-order valence-electron chi connectivity index (χ0n) is 11.9. The molecule has 0 atom stereocenters. The standard InChI is InChI=1S/C16H17ClN2OS/c1-10-12-6-2-3-7-13(12)16(19-15(10)20)21-9-11-5-4-8-18-14(11)17/h4-5,8H,2-3,6-7,9H2,1H3,(H,19,20). The molecule has 3 rings (SSSR count). The molecule has 2 aromatic rings. The number of nitrogens with one attached hydrogen (secondary N) is 1. The number of aromatic amines is 1. The van der Waals surface area contributed by atoms with Crippen LogP contribution >= 0.6 is 23.4 Å². The first kappa shape index (κ1) is 14.7. The number of halogens is 1. The van der Waals surface area contributed by atoms with Crippen molar-refractivity contribution in [1.29, 1.82) is 0 Å². The number of pyridine rings is 2. The Hall–Kier alpha value is -1.26. The van der Waals surface area contributed by atoms with Gasteiger partial charge in [0.2, 0.25) is 0 Å². The zero-order valence-corrected chi connectivity index (χ0v) is 13.5. The lowest BCUT2D eigenvalue weighted by Crippen LogP contribution is -2.19. The van der Waals surface area contributed by atoms with Crippen molar-refractivity contribution >= 4 is 23.4 Å². The Morgan fingerprint density at radius 3 is 2.86 bits per heavy atom. The van der Waals surface area contributed by atoms with Crippen molar-refractivity contribution in [2.24, 2.45) is 0 Å². The molecule has 3 nitrogen and oxygen atoms in total. The molecule has 0 aliphatic heterocycles. The van der Waals surface area contributed by atoms with E-state index in [2.05, 4.69) is 9.97 Å². The molecule has 0 unspecified atom stereocenters. The van der Waals surface area contributed by atoms with Gasteiger partial charge in [-0.3, -0.25) is 4.79 Å². The van der Waals surface area contributed by atoms with E-state index in [1.165, 1.54) is 24.0 Å². The predicted octanol–water partition coefficient (Wildman–Crippen LogP) is 3.90. The van der Waals surface area contributed by atoms with E-state index in [-0.39, 0.29) is 5.56 Å². The SMILES string of the molecule is Cc1c2c(c(SCc3cccnc3Cl)[nH]c1=O)CCCC2. The van der Waals surface area contributed by atoms with Gasteiger partial charge in [0, 0.05) is 17.5 Å². The lowest BCUT2D eigenvalue weighted by atomic mass is 9.90. The van der Waals surface area contributed by atoms with Gasteiger partial charge in [-0.25, -0.2) is 4.98 Å². The Bertz CT molecular complexity index is 727. The van der Waals surface area contributed by atoms with Crippen molar-refractivity contribution in [1.82, 2.24) is 9.97 Å². The summed E-state index contributed by atoms with van der Waals surface area (Å²) in [5.41, 5.74) is 4.49. The molecule has 5 heteroatoms. The number of nitrogens with zero attached hydrogens (tertiary/aromatic N) is 1.